The molecular weight excluding hydrogens is 267 g/mol. The summed E-state index contributed by atoms with van der Waals surface area (Å²) in [6, 6.07) is 7.58. The average Bonchev–Trinajstić information content (AvgIpc) is 2.80. The van der Waals surface area contributed by atoms with Gasteiger partial charge in [-0.1, -0.05) is 31.5 Å². The summed E-state index contributed by atoms with van der Waals surface area (Å²) in [6.45, 7) is 2.74. The number of carbonyl (C=O) groups is 1. The molecule has 1 heterocycles. The summed E-state index contributed by atoms with van der Waals surface area (Å²) in [5.74, 6) is -0.531. The molecule has 1 aromatic rings. The third-order valence-corrected chi connectivity index (χ3v) is 3.30. The Bertz CT molecular complexity index is 433. The highest BCUT2D eigenvalue weighted by atomic mass is 35.5. The molecule has 1 fully saturated rings. The fourth-order valence-corrected chi connectivity index (χ4v) is 2.22. The Morgan fingerprint density at radius 3 is 2.84 bits per heavy atom. The van der Waals surface area contributed by atoms with Gasteiger partial charge in [0.1, 0.15) is 0 Å². The van der Waals surface area contributed by atoms with E-state index in [2.05, 4.69) is 17.6 Å². The highest BCUT2D eigenvalue weighted by Gasteiger charge is 2.41. The van der Waals surface area contributed by atoms with Crippen LogP contribution in [-0.2, 0) is 11.2 Å². The Kier molecular flexibility index (Phi) is 5.76. The molecule has 1 unspecified atom stereocenters. The van der Waals surface area contributed by atoms with Gasteiger partial charge in [-0.2, -0.15) is 0 Å². The molecule has 1 aliphatic heterocycles. The fraction of sp³-hybridized carbons (Fsp3) is 0.500. The zero-order valence-electron chi connectivity index (χ0n) is 11.0. The third kappa shape index (κ3) is 3.67. The van der Waals surface area contributed by atoms with Crippen molar-refractivity contribution in [1.29, 1.82) is 0 Å². The molecule has 3 nitrogen and oxygen atoms in total. The van der Waals surface area contributed by atoms with Gasteiger partial charge in [-0.25, -0.2) is 4.39 Å². The van der Waals surface area contributed by atoms with Gasteiger partial charge in [0.15, 0.2) is 0 Å². The van der Waals surface area contributed by atoms with E-state index in [0.717, 1.165) is 24.1 Å². The molecule has 0 bridgehead atoms. The van der Waals surface area contributed by atoms with E-state index >= 15 is 0 Å². The number of aryl methyl sites for hydroxylation is 1. The van der Waals surface area contributed by atoms with Gasteiger partial charge in [0, 0.05) is 18.7 Å². The van der Waals surface area contributed by atoms with E-state index in [1.54, 1.807) is 0 Å². The topological polar surface area (TPSA) is 41.1 Å². The fourth-order valence-electron chi connectivity index (χ4n) is 2.22. The predicted molar refractivity (Wildman–Crippen MR) is 77.6 cm³/mol. The average molecular weight is 287 g/mol. The van der Waals surface area contributed by atoms with Crippen molar-refractivity contribution in [2.75, 3.05) is 18.4 Å². The van der Waals surface area contributed by atoms with Gasteiger partial charge in [-0.05, 0) is 24.6 Å². The minimum absolute atomic E-state index is 0. The van der Waals surface area contributed by atoms with Gasteiger partial charge in [0.05, 0.1) is 0 Å². The molecule has 0 spiro atoms. The Balaban J connectivity index is 0.00000180. The van der Waals surface area contributed by atoms with Crippen molar-refractivity contribution in [3.05, 3.63) is 29.8 Å². The van der Waals surface area contributed by atoms with E-state index in [1.807, 2.05) is 24.3 Å². The molecule has 0 saturated carbocycles. The number of carbonyl (C=O) groups excluding carboxylic acids is 1. The molecule has 2 rings (SSSR count). The summed E-state index contributed by atoms with van der Waals surface area (Å²) < 4.78 is 14.2. The first-order valence-electron chi connectivity index (χ1n) is 6.45. The van der Waals surface area contributed by atoms with Crippen LogP contribution in [0.25, 0.3) is 0 Å². The van der Waals surface area contributed by atoms with Crippen molar-refractivity contribution in [3.63, 3.8) is 0 Å². The van der Waals surface area contributed by atoms with Gasteiger partial charge >= 0.3 is 0 Å². The maximum absolute atomic E-state index is 14.2. The molecule has 5 heteroatoms. The van der Waals surface area contributed by atoms with Crippen LogP contribution in [-0.4, -0.2) is 24.7 Å². The molecule has 1 saturated heterocycles. The van der Waals surface area contributed by atoms with E-state index in [4.69, 9.17) is 0 Å². The first kappa shape index (κ1) is 15.9. The standard InChI is InChI=1S/C14H19FN2O.ClH/c1-2-5-11-6-3-4-7-12(11)17-13(18)14(15)8-9-16-10-14;/h3-4,6-7,16H,2,5,8-10H2,1H3,(H,17,18);1H. The number of alkyl halides is 1. The van der Waals surface area contributed by atoms with Gasteiger partial charge in [0.25, 0.3) is 5.91 Å². The van der Waals surface area contributed by atoms with Gasteiger partial charge < -0.3 is 10.6 Å². The first-order valence-corrected chi connectivity index (χ1v) is 6.45. The van der Waals surface area contributed by atoms with Crippen molar-refractivity contribution < 1.29 is 9.18 Å². The largest absolute Gasteiger partial charge is 0.323 e. The second-order valence-corrected chi connectivity index (χ2v) is 4.75. The minimum Gasteiger partial charge on any atom is -0.323 e. The summed E-state index contributed by atoms with van der Waals surface area (Å²) in [7, 11) is 0. The number of benzene rings is 1. The summed E-state index contributed by atoms with van der Waals surface area (Å²) in [5, 5.41) is 5.61. The predicted octanol–water partition coefficient (Wildman–Crippen LogP) is 2.70. The van der Waals surface area contributed by atoms with Crippen LogP contribution < -0.4 is 10.6 Å². The van der Waals surface area contributed by atoms with E-state index in [9.17, 15) is 9.18 Å². The number of rotatable bonds is 4. The molecule has 0 radical (unpaired) electrons. The molecule has 106 valence electrons. The maximum atomic E-state index is 14.2. The number of hydrogen-bond donors (Lipinski definition) is 2. The number of anilines is 1. The smallest absolute Gasteiger partial charge is 0.263 e. The van der Waals surface area contributed by atoms with Crippen molar-refractivity contribution >= 4 is 24.0 Å². The highest BCUT2D eigenvalue weighted by molar-refractivity contribution is 5.98. The molecule has 19 heavy (non-hydrogen) atoms. The minimum atomic E-state index is -1.76. The lowest BCUT2D eigenvalue weighted by Gasteiger charge is -2.19. The molecular formula is C14H20ClFN2O. The van der Waals surface area contributed by atoms with Gasteiger partial charge in [-0.3, -0.25) is 4.79 Å². The van der Waals surface area contributed by atoms with Crippen LogP contribution in [0.15, 0.2) is 24.3 Å². The SMILES string of the molecule is CCCc1ccccc1NC(=O)C1(F)CCNC1.Cl. The van der Waals surface area contributed by atoms with E-state index in [-0.39, 0.29) is 25.4 Å². The van der Waals surface area contributed by atoms with Gasteiger partial charge in [-0.15, -0.1) is 12.4 Å². The van der Waals surface area contributed by atoms with Crippen molar-refractivity contribution in [2.24, 2.45) is 0 Å². The molecule has 0 aromatic heterocycles. The lowest BCUT2D eigenvalue weighted by Crippen LogP contribution is -2.40. The van der Waals surface area contributed by atoms with E-state index in [0.29, 0.717) is 6.54 Å². The Morgan fingerprint density at radius 2 is 2.21 bits per heavy atom. The van der Waals surface area contributed by atoms with Crippen LogP contribution in [0.3, 0.4) is 0 Å². The van der Waals surface area contributed by atoms with Crippen molar-refractivity contribution in [2.45, 2.75) is 31.9 Å². The quantitative estimate of drug-likeness (QED) is 0.893. The Labute approximate surface area is 119 Å². The summed E-state index contributed by atoms with van der Waals surface area (Å²) >= 11 is 0. The zero-order chi connectivity index (χ0) is 13.0. The lowest BCUT2D eigenvalue weighted by molar-refractivity contribution is -0.126. The number of hydrogen-bond acceptors (Lipinski definition) is 2. The summed E-state index contributed by atoms with van der Waals surface area (Å²) in [6.07, 6.45) is 2.12. The number of halogens is 2. The first-order chi connectivity index (χ1) is 8.65. The summed E-state index contributed by atoms with van der Waals surface area (Å²) in [4.78, 5) is 12.0. The monoisotopic (exact) mass is 286 g/mol. The Hall–Kier alpha value is -1.13. The third-order valence-electron chi connectivity index (χ3n) is 3.30. The van der Waals surface area contributed by atoms with Crippen LogP contribution >= 0.6 is 12.4 Å². The van der Waals surface area contributed by atoms with Gasteiger partial charge in [0.2, 0.25) is 5.67 Å². The van der Waals surface area contributed by atoms with Crippen molar-refractivity contribution in [1.82, 2.24) is 5.32 Å². The molecule has 1 amide bonds. The van der Waals surface area contributed by atoms with Crippen LogP contribution in [0.5, 0.6) is 0 Å². The highest BCUT2D eigenvalue weighted by Crippen LogP contribution is 2.24. The second kappa shape index (κ2) is 6.87. The molecule has 1 aromatic carbocycles. The van der Waals surface area contributed by atoms with Crippen LogP contribution in [0.2, 0.25) is 0 Å². The van der Waals surface area contributed by atoms with Crippen LogP contribution in [0.1, 0.15) is 25.3 Å². The van der Waals surface area contributed by atoms with Crippen molar-refractivity contribution in [3.8, 4) is 0 Å². The number of amides is 1. The van der Waals surface area contributed by atoms with E-state index < -0.39 is 11.6 Å². The maximum Gasteiger partial charge on any atom is 0.263 e. The number of para-hydroxylation sites is 1. The number of nitrogens with one attached hydrogen (secondary N) is 2. The molecule has 1 aliphatic rings. The van der Waals surface area contributed by atoms with E-state index in [1.165, 1.54) is 0 Å². The normalized spacial score (nSPS) is 21.8. The molecule has 2 N–H and O–H groups in total. The molecule has 0 aliphatic carbocycles. The van der Waals surface area contributed by atoms with Crippen LogP contribution in [0.4, 0.5) is 10.1 Å². The molecule has 1 atom stereocenters. The zero-order valence-corrected chi connectivity index (χ0v) is 11.9. The Morgan fingerprint density at radius 1 is 1.47 bits per heavy atom. The summed E-state index contributed by atoms with van der Waals surface area (Å²) in [5.41, 5.74) is 0.0236. The van der Waals surface area contributed by atoms with Crippen LogP contribution in [0, 0.1) is 0 Å². The second-order valence-electron chi connectivity index (χ2n) is 4.75. The lowest BCUT2D eigenvalue weighted by atomic mass is 10.0.